The highest BCUT2D eigenvalue weighted by Crippen LogP contribution is 2.39. The highest BCUT2D eigenvalue weighted by Gasteiger charge is 2.40. The minimum Gasteiger partial charge on any atom is -0.389 e. The van der Waals surface area contributed by atoms with E-state index in [0.717, 1.165) is 25.2 Å². The van der Waals surface area contributed by atoms with E-state index in [9.17, 15) is 5.11 Å². The second kappa shape index (κ2) is 3.39. The highest BCUT2D eigenvalue weighted by molar-refractivity contribution is 5.03. The van der Waals surface area contributed by atoms with E-state index in [4.69, 9.17) is 0 Å². The maximum atomic E-state index is 10.1. The summed E-state index contributed by atoms with van der Waals surface area (Å²) in [4.78, 5) is 4.28. The van der Waals surface area contributed by atoms with Crippen LogP contribution in [0.15, 0.2) is 12.4 Å². The van der Waals surface area contributed by atoms with E-state index in [2.05, 4.69) is 23.4 Å². The minimum absolute atomic E-state index is 0.475. The number of nitrogens with zero attached hydrogens (tertiary/aromatic N) is 2. The van der Waals surface area contributed by atoms with Crippen LogP contribution in [0.3, 0.4) is 0 Å². The lowest BCUT2D eigenvalue weighted by Crippen LogP contribution is -2.45. The van der Waals surface area contributed by atoms with Crippen LogP contribution >= 0.6 is 0 Å². The predicted molar refractivity (Wildman–Crippen MR) is 55.0 cm³/mol. The molecule has 0 aromatic carbocycles. The summed E-state index contributed by atoms with van der Waals surface area (Å²) in [6, 6.07) is 0. The van der Waals surface area contributed by atoms with E-state index in [1.165, 1.54) is 0 Å². The molecule has 3 heteroatoms. The molecular formula is C11H18N2O. The van der Waals surface area contributed by atoms with E-state index in [0.29, 0.717) is 12.3 Å². The van der Waals surface area contributed by atoms with E-state index >= 15 is 0 Å². The monoisotopic (exact) mass is 194 g/mol. The quantitative estimate of drug-likeness (QED) is 0.793. The maximum absolute atomic E-state index is 10.1. The number of aliphatic hydroxyl groups is 1. The lowest BCUT2D eigenvalue weighted by molar-refractivity contribution is -0.0684. The summed E-state index contributed by atoms with van der Waals surface area (Å²) < 4.78 is 2.10. The normalized spacial score (nSPS) is 31.5. The summed E-state index contributed by atoms with van der Waals surface area (Å²) in [5.74, 6) is 1.69. The fraction of sp³-hybridized carbons (Fsp3) is 0.727. The van der Waals surface area contributed by atoms with Gasteiger partial charge in [-0.05, 0) is 25.7 Å². The van der Waals surface area contributed by atoms with Crippen molar-refractivity contribution in [2.45, 2.75) is 45.3 Å². The first-order valence-corrected chi connectivity index (χ1v) is 5.35. The van der Waals surface area contributed by atoms with Crippen LogP contribution in [0.4, 0.5) is 0 Å². The molecule has 1 fully saturated rings. The van der Waals surface area contributed by atoms with Gasteiger partial charge in [-0.1, -0.05) is 6.92 Å². The topological polar surface area (TPSA) is 38.0 Å². The molecule has 78 valence electrons. The molecule has 1 N–H and O–H groups in total. The number of imidazole rings is 1. The van der Waals surface area contributed by atoms with Crippen LogP contribution < -0.4 is 0 Å². The van der Waals surface area contributed by atoms with Crippen molar-refractivity contribution in [2.24, 2.45) is 5.92 Å². The molecule has 1 saturated carbocycles. The van der Waals surface area contributed by atoms with E-state index in [-0.39, 0.29) is 0 Å². The number of aromatic nitrogens is 2. The molecule has 1 aliphatic rings. The zero-order valence-corrected chi connectivity index (χ0v) is 8.90. The van der Waals surface area contributed by atoms with Crippen LogP contribution in [0.25, 0.3) is 0 Å². The standard InChI is InChI=1S/C11H18N2O/c1-3-13-5-4-12-10(13)8-11(14)6-9(2)7-11/h4-5,9,14H,3,6-8H2,1-2H3. The SMILES string of the molecule is CCn1ccnc1CC1(O)CC(C)C1. The van der Waals surface area contributed by atoms with Crippen LogP contribution in [0.1, 0.15) is 32.5 Å². The van der Waals surface area contributed by atoms with Crippen molar-refractivity contribution < 1.29 is 5.11 Å². The van der Waals surface area contributed by atoms with Gasteiger partial charge in [-0.3, -0.25) is 0 Å². The van der Waals surface area contributed by atoms with E-state index < -0.39 is 5.60 Å². The maximum Gasteiger partial charge on any atom is 0.111 e. The molecule has 1 aromatic rings. The van der Waals surface area contributed by atoms with Crippen molar-refractivity contribution in [2.75, 3.05) is 0 Å². The molecule has 0 bridgehead atoms. The smallest absolute Gasteiger partial charge is 0.111 e. The molecule has 0 radical (unpaired) electrons. The Morgan fingerprint density at radius 2 is 2.36 bits per heavy atom. The van der Waals surface area contributed by atoms with Crippen LogP contribution in [0.5, 0.6) is 0 Å². The Balaban J connectivity index is 2.04. The molecule has 0 unspecified atom stereocenters. The minimum atomic E-state index is -0.475. The van der Waals surface area contributed by atoms with Gasteiger partial charge in [0.05, 0.1) is 5.60 Å². The Morgan fingerprint density at radius 1 is 1.64 bits per heavy atom. The van der Waals surface area contributed by atoms with Crippen molar-refractivity contribution in [3.8, 4) is 0 Å². The molecule has 0 aliphatic heterocycles. The summed E-state index contributed by atoms with van der Waals surface area (Å²) in [6.07, 6.45) is 6.33. The molecule has 14 heavy (non-hydrogen) atoms. The van der Waals surface area contributed by atoms with Gasteiger partial charge in [0.25, 0.3) is 0 Å². The molecule has 1 heterocycles. The van der Waals surface area contributed by atoms with Crippen LogP contribution in [-0.4, -0.2) is 20.3 Å². The van der Waals surface area contributed by atoms with Gasteiger partial charge in [-0.25, -0.2) is 4.98 Å². The third-order valence-electron chi connectivity index (χ3n) is 3.09. The molecule has 0 amide bonds. The fourth-order valence-electron chi connectivity index (χ4n) is 2.47. The Kier molecular flexibility index (Phi) is 2.35. The largest absolute Gasteiger partial charge is 0.389 e. The van der Waals surface area contributed by atoms with Crippen molar-refractivity contribution in [3.05, 3.63) is 18.2 Å². The Labute approximate surface area is 84.8 Å². The van der Waals surface area contributed by atoms with Gasteiger partial charge in [0.2, 0.25) is 0 Å². The van der Waals surface area contributed by atoms with Gasteiger partial charge in [-0.15, -0.1) is 0 Å². The Morgan fingerprint density at radius 3 is 2.93 bits per heavy atom. The molecule has 1 aromatic heterocycles. The zero-order valence-electron chi connectivity index (χ0n) is 8.90. The zero-order chi connectivity index (χ0) is 10.2. The lowest BCUT2D eigenvalue weighted by atomic mass is 9.70. The van der Waals surface area contributed by atoms with E-state index in [1.54, 1.807) is 0 Å². The van der Waals surface area contributed by atoms with Crippen LogP contribution in [-0.2, 0) is 13.0 Å². The van der Waals surface area contributed by atoms with Crippen LogP contribution in [0.2, 0.25) is 0 Å². The van der Waals surface area contributed by atoms with Crippen molar-refractivity contribution in [1.29, 1.82) is 0 Å². The first-order chi connectivity index (χ1) is 6.63. The number of hydrogen-bond acceptors (Lipinski definition) is 2. The van der Waals surface area contributed by atoms with Gasteiger partial charge in [0.1, 0.15) is 5.82 Å². The summed E-state index contributed by atoms with van der Waals surface area (Å²) in [5.41, 5.74) is -0.475. The third-order valence-corrected chi connectivity index (χ3v) is 3.09. The molecular weight excluding hydrogens is 176 g/mol. The van der Waals surface area contributed by atoms with Gasteiger partial charge < -0.3 is 9.67 Å². The summed E-state index contributed by atoms with van der Waals surface area (Å²) in [5, 5.41) is 10.1. The van der Waals surface area contributed by atoms with Crippen LogP contribution in [0, 0.1) is 5.92 Å². The summed E-state index contributed by atoms with van der Waals surface area (Å²) in [6.45, 7) is 5.21. The fourth-order valence-corrected chi connectivity index (χ4v) is 2.47. The van der Waals surface area contributed by atoms with Crippen molar-refractivity contribution >= 4 is 0 Å². The van der Waals surface area contributed by atoms with Crippen molar-refractivity contribution in [3.63, 3.8) is 0 Å². The summed E-state index contributed by atoms with van der Waals surface area (Å²) >= 11 is 0. The molecule has 0 spiro atoms. The van der Waals surface area contributed by atoms with E-state index in [1.807, 2.05) is 12.4 Å². The molecule has 0 atom stereocenters. The second-order valence-corrected chi connectivity index (χ2v) is 4.54. The van der Waals surface area contributed by atoms with Gasteiger partial charge in [0.15, 0.2) is 0 Å². The molecule has 2 rings (SSSR count). The Bertz CT molecular complexity index is 313. The molecule has 1 aliphatic carbocycles. The number of rotatable bonds is 3. The number of aryl methyl sites for hydroxylation is 1. The summed E-state index contributed by atoms with van der Waals surface area (Å²) in [7, 11) is 0. The Hall–Kier alpha value is -0.830. The van der Waals surface area contributed by atoms with Gasteiger partial charge in [-0.2, -0.15) is 0 Å². The second-order valence-electron chi connectivity index (χ2n) is 4.54. The first-order valence-electron chi connectivity index (χ1n) is 5.35. The first kappa shape index (κ1) is 9.71. The molecule has 3 nitrogen and oxygen atoms in total. The number of hydrogen-bond donors (Lipinski definition) is 1. The van der Waals surface area contributed by atoms with Crippen molar-refractivity contribution in [1.82, 2.24) is 9.55 Å². The van der Waals surface area contributed by atoms with Gasteiger partial charge >= 0.3 is 0 Å². The molecule has 0 saturated heterocycles. The average molecular weight is 194 g/mol. The third kappa shape index (κ3) is 1.69. The highest BCUT2D eigenvalue weighted by atomic mass is 16.3. The lowest BCUT2D eigenvalue weighted by Gasteiger charge is -2.41. The predicted octanol–water partition coefficient (Wildman–Crippen LogP) is 1.61. The average Bonchev–Trinajstić information content (AvgIpc) is 2.49. The van der Waals surface area contributed by atoms with Gasteiger partial charge in [0, 0.05) is 25.4 Å².